The summed E-state index contributed by atoms with van der Waals surface area (Å²) in [5.41, 5.74) is -10.5. The van der Waals surface area contributed by atoms with Crippen LogP contribution < -0.4 is 4.18 Å². The highest BCUT2D eigenvalue weighted by molar-refractivity contribution is 7.88. The van der Waals surface area contributed by atoms with Gasteiger partial charge in [-0.3, -0.25) is 0 Å². The summed E-state index contributed by atoms with van der Waals surface area (Å²) in [7, 11) is -11.6. The summed E-state index contributed by atoms with van der Waals surface area (Å²) in [6.45, 7) is 1.69. The summed E-state index contributed by atoms with van der Waals surface area (Å²) in [4.78, 5) is 0. The van der Waals surface area contributed by atoms with Crippen molar-refractivity contribution < 1.29 is 51.5 Å². The topological polar surface area (TPSA) is 86.7 Å². The molecule has 1 aromatic rings. The Morgan fingerprint density at radius 2 is 1.56 bits per heavy atom. The van der Waals surface area contributed by atoms with Crippen molar-refractivity contribution in [1.82, 2.24) is 0 Å². The lowest BCUT2D eigenvalue weighted by atomic mass is 9.55. The lowest BCUT2D eigenvalue weighted by Crippen LogP contribution is -2.42. The number of fused-ring (bicyclic) bond motifs is 5. The van der Waals surface area contributed by atoms with E-state index in [1.807, 2.05) is 0 Å². The van der Waals surface area contributed by atoms with Gasteiger partial charge >= 0.3 is 31.3 Å². The minimum Gasteiger partial charge on any atom is -0.380 e. The van der Waals surface area contributed by atoms with Crippen molar-refractivity contribution in [1.29, 1.82) is 0 Å². The zero-order chi connectivity index (χ0) is 25.3. The van der Waals surface area contributed by atoms with Crippen LogP contribution in [0.25, 0.3) is 0 Å². The lowest BCUT2D eigenvalue weighted by Gasteiger charge is -2.49. The number of hydrogen-bond acceptors (Lipinski definition) is 6. The Morgan fingerprint density at radius 3 is 2.18 bits per heavy atom. The van der Waals surface area contributed by atoms with E-state index < -0.39 is 42.4 Å². The molecule has 3 aliphatic carbocycles. The highest BCUT2D eigenvalue weighted by Gasteiger charge is 2.56. The Labute approximate surface area is 192 Å². The van der Waals surface area contributed by atoms with Gasteiger partial charge in [0.2, 0.25) is 0 Å². The molecule has 0 bridgehead atoms. The maximum atomic E-state index is 12.8. The number of aryl methyl sites for hydroxylation is 1. The van der Waals surface area contributed by atoms with E-state index in [9.17, 15) is 43.2 Å². The second kappa shape index (κ2) is 7.77. The average molecular weight is 534 g/mol. The molecule has 0 aliphatic heterocycles. The van der Waals surface area contributed by atoms with Crippen LogP contribution in [0.3, 0.4) is 0 Å². The molecule has 6 nitrogen and oxygen atoms in total. The maximum Gasteiger partial charge on any atom is 0.534 e. The van der Waals surface area contributed by atoms with Gasteiger partial charge in [0.1, 0.15) is 11.5 Å². The zero-order valence-electron chi connectivity index (χ0n) is 17.6. The van der Waals surface area contributed by atoms with Crippen molar-refractivity contribution >= 4 is 20.2 Å². The van der Waals surface area contributed by atoms with Gasteiger partial charge in [-0.15, -0.1) is 0 Å². The molecule has 3 unspecified atom stereocenters. The van der Waals surface area contributed by atoms with E-state index in [2.05, 4.69) is 8.37 Å². The fraction of sp³-hybridized carbons (Fsp3) is 0.600. The van der Waals surface area contributed by atoms with E-state index in [0.29, 0.717) is 37.7 Å². The van der Waals surface area contributed by atoms with Crippen molar-refractivity contribution in [2.45, 2.75) is 56.0 Å². The molecule has 0 saturated heterocycles. The second-order valence-corrected chi connectivity index (χ2v) is 12.1. The van der Waals surface area contributed by atoms with Gasteiger partial charge in [-0.1, -0.05) is 13.0 Å². The fourth-order valence-corrected chi connectivity index (χ4v) is 6.65. The predicted octanol–water partition coefficient (Wildman–Crippen LogP) is 5.13. The molecule has 4 atom stereocenters. The molecule has 14 heteroatoms. The van der Waals surface area contributed by atoms with Gasteiger partial charge in [0.15, 0.2) is 0 Å². The lowest BCUT2D eigenvalue weighted by molar-refractivity contribution is -0.0545. The molecule has 0 spiro atoms. The Bertz CT molecular complexity index is 1230. The SMILES string of the molecule is C[C@]12CCC3c4ccc(OS(=O)(=O)C(F)(F)F)cc4CCC3C1CC=C2OS(=O)(=O)C(F)(F)F. The molecule has 34 heavy (non-hydrogen) atoms. The molecular formula is C20H20F6O6S2. The highest BCUT2D eigenvalue weighted by atomic mass is 32.2. The van der Waals surface area contributed by atoms with Crippen molar-refractivity contribution in [2.75, 3.05) is 0 Å². The van der Waals surface area contributed by atoms with Crippen LogP contribution in [-0.2, 0) is 30.8 Å². The van der Waals surface area contributed by atoms with E-state index in [1.54, 1.807) is 6.92 Å². The first-order valence-electron chi connectivity index (χ1n) is 10.3. The van der Waals surface area contributed by atoms with Crippen LogP contribution in [0, 0.1) is 17.3 Å². The molecule has 1 fully saturated rings. The minimum absolute atomic E-state index is 0.0251. The molecule has 0 radical (unpaired) electrons. The molecule has 0 N–H and O–H groups in total. The molecule has 0 heterocycles. The summed E-state index contributed by atoms with van der Waals surface area (Å²) >= 11 is 0. The van der Waals surface area contributed by atoms with Gasteiger partial charge in [0, 0.05) is 5.41 Å². The minimum atomic E-state index is -5.80. The van der Waals surface area contributed by atoms with E-state index >= 15 is 0 Å². The van der Waals surface area contributed by atoms with Gasteiger partial charge in [0.05, 0.1) is 0 Å². The molecular weight excluding hydrogens is 514 g/mol. The highest BCUT2D eigenvalue weighted by Crippen LogP contribution is 2.61. The number of halogens is 6. The summed E-state index contributed by atoms with van der Waals surface area (Å²) in [5, 5.41) is 0. The van der Waals surface area contributed by atoms with Crippen molar-refractivity contribution in [3.8, 4) is 5.75 Å². The van der Waals surface area contributed by atoms with Crippen molar-refractivity contribution in [2.24, 2.45) is 17.3 Å². The van der Waals surface area contributed by atoms with E-state index in [4.69, 9.17) is 0 Å². The standard InChI is InChI=1S/C20H20F6O6S2/c1-18-9-8-14-13-5-3-12(31-33(27,28)19(21,22)23)10-11(13)2-4-15(14)16(18)6-7-17(18)32-34(29,30)20(24,25)26/h3,5,7,10,14-16H,2,4,6,8-9H2,1H3/t14?,15?,16?,18-/m0/s1. The molecule has 190 valence electrons. The Morgan fingerprint density at radius 1 is 0.941 bits per heavy atom. The number of alkyl halides is 6. The van der Waals surface area contributed by atoms with E-state index in [1.165, 1.54) is 18.2 Å². The summed E-state index contributed by atoms with van der Waals surface area (Å²) < 4.78 is 131. The molecule has 3 aliphatic rings. The third kappa shape index (κ3) is 4.06. The average Bonchev–Trinajstić information content (AvgIpc) is 3.01. The van der Waals surface area contributed by atoms with Gasteiger partial charge in [-0.2, -0.15) is 43.2 Å². The number of allylic oxidation sites excluding steroid dienone is 2. The molecule has 1 aromatic carbocycles. The third-order valence-corrected chi connectivity index (χ3v) is 9.12. The normalized spacial score (nSPS) is 29.5. The first-order valence-corrected chi connectivity index (χ1v) is 13.1. The van der Waals surface area contributed by atoms with Crippen LogP contribution in [-0.4, -0.2) is 27.9 Å². The summed E-state index contributed by atoms with van der Waals surface area (Å²) in [6.07, 6.45) is 3.49. The molecule has 1 saturated carbocycles. The van der Waals surface area contributed by atoms with Crippen LogP contribution in [0.4, 0.5) is 26.3 Å². The van der Waals surface area contributed by atoms with Gasteiger partial charge < -0.3 is 8.37 Å². The quantitative estimate of drug-likeness (QED) is 0.303. The number of rotatable bonds is 4. The Hall–Kier alpha value is -1.96. The van der Waals surface area contributed by atoms with Crippen LogP contribution in [0.1, 0.15) is 49.7 Å². The smallest absolute Gasteiger partial charge is 0.380 e. The van der Waals surface area contributed by atoms with Crippen LogP contribution in [0.2, 0.25) is 0 Å². The van der Waals surface area contributed by atoms with E-state index in [0.717, 1.165) is 11.6 Å². The number of benzene rings is 1. The Kier molecular flexibility index (Phi) is 5.75. The molecule has 0 aromatic heterocycles. The van der Waals surface area contributed by atoms with Crippen molar-refractivity contribution in [3.63, 3.8) is 0 Å². The zero-order valence-corrected chi connectivity index (χ0v) is 19.2. The van der Waals surface area contributed by atoms with Crippen LogP contribution in [0.15, 0.2) is 30.0 Å². The third-order valence-electron chi connectivity index (χ3n) is 7.18. The predicted molar refractivity (Wildman–Crippen MR) is 106 cm³/mol. The van der Waals surface area contributed by atoms with Crippen LogP contribution in [0.5, 0.6) is 5.75 Å². The fourth-order valence-electron chi connectivity index (χ4n) is 5.61. The first-order chi connectivity index (χ1) is 15.5. The summed E-state index contributed by atoms with van der Waals surface area (Å²) in [6, 6.07) is 3.93. The van der Waals surface area contributed by atoms with Gasteiger partial charge in [-0.05, 0) is 79.2 Å². The first kappa shape index (κ1) is 25.1. The Balaban J connectivity index is 1.55. The summed E-state index contributed by atoms with van der Waals surface area (Å²) in [5.74, 6) is -0.935. The maximum absolute atomic E-state index is 12.8. The largest absolute Gasteiger partial charge is 0.534 e. The van der Waals surface area contributed by atoms with Crippen LogP contribution >= 0.6 is 0 Å². The van der Waals surface area contributed by atoms with E-state index in [-0.39, 0.29) is 23.5 Å². The van der Waals surface area contributed by atoms with Gasteiger partial charge in [0.25, 0.3) is 0 Å². The van der Waals surface area contributed by atoms with Crippen molar-refractivity contribution in [3.05, 3.63) is 41.2 Å². The molecule has 4 rings (SSSR count). The van der Waals surface area contributed by atoms with Gasteiger partial charge in [-0.25, -0.2) is 0 Å². The second-order valence-electron chi connectivity index (χ2n) is 9.00. The monoisotopic (exact) mass is 534 g/mol. The molecule has 0 amide bonds. The number of hydrogen-bond donors (Lipinski definition) is 0.